The Morgan fingerprint density at radius 1 is 1.14 bits per heavy atom. The molecular weight excluding hydrogens is 352 g/mol. The molecule has 1 saturated heterocycles. The number of ether oxygens (including phenoxy) is 1. The molecule has 1 N–H and O–H groups in total. The Morgan fingerprint density at radius 2 is 1.89 bits per heavy atom. The second kappa shape index (κ2) is 10.5. The zero-order valence-electron chi connectivity index (χ0n) is 17.1. The average molecular weight is 387 g/mol. The van der Waals surface area contributed by atoms with Crippen LogP contribution in [-0.2, 0) is 16.0 Å². The van der Waals surface area contributed by atoms with Crippen molar-refractivity contribution in [3.63, 3.8) is 0 Å². The minimum atomic E-state index is -0.0534. The van der Waals surface area contributed by atoms with E-state index in [0.29, 0.717) is 31.8 Å². The van der Waals surface area contributed by atoms with Gasteiger partial charge in [0.25, 0.3) is 0 Å². The van der Waals surface area contributed by atoms with Crippen molar-refractivity contribution in [1.82, 2.24) is 10.2 Å². The van der Waals surface area contributed by atoms with E-state index in [2.05, 4.69) is 17.4 Å². The Hall–Kier alpha value is -2.04. The fraction of sp³-hybridized carbons (Fsp3) is 0.652. The molecule has 0 radical (unpaired) electrons. The van der Waals surface area contributed by atoms with Crippen LogP contribution in [-0.4, -0.2) is 43.5 Å². The molecule has 1 aliphatic heterocycles. The molecule has 1 aromatic rings. The molecule has 2 fully saturated rings. The van der Waals surface area contributed by atoms with Gasteiger partial charge in [0.05, 0.1) is 13.0 Å². The molecule has 1 atom stereocenters. The largest absolute Gasteiger partial charge is 0.497 e. The summed E-state index contributed by atoms with van der Waals surface area (Å²) in [7, 11) is 1.67. The van der Waals surface area contributed by atoms with Crippen molar-refractivity contribution in [2.75, 3.05) is 26.7 Å². The van der Waals surface area contributed by atoms with Crippen molar-refractivity contribution in [2.45, 2.75) is 57.8 Å². The van der Waals surface area contributed by atoms with Crippen LogP contribution in [0.2, 0.25) is 0 Å². The summed E-state index contributed by atoms with van der Waals surface area (Å²) in [5.41, 5.74) is 1.25. The molecule has 0 spiro atoms. The number of amides is 2. The maximum Gasteiger partial charge on any atom is 0.224 e. The van der Waals surface area contributed by atoms with Gasteiger partial charge >= 0.3 is 0 Å². The van der Waals surface area contributed by atoms with Gasteiger partial charge in [-0.25, -0.2) is 0 Å². The smallest absolute Gasteiger partial charge is 0.224 e. The molecule has 28 heavy (non-hydrogen) atoms. The first-order chi connectivity index (χ1) is 13.7. The fourth-order valence-corrected chi connectivity index (χ4v) is 4.43. The Balaban J connectivity index is 1.38. The van der Waals surface area contributed by atoms with Crippen LogP contribution >= 0.6 is 0 Å². The number of aryl methyl sites for hydroxylation is 1. The van der Waals surface area contributed by atoms with Crippen molar-refractivity contribution in [1.29, 1.82) is 0 Å². The molecule has 0 bridgehead atoms. The highest BCUT2D eigenvalue weighted by Crippen LogP contribution is 2.27. The zero-order chi connectivity index (χ0) is 19.8. The fourth-order valence-electron chi connectivity index (χ4n) is 4.43. The number of hydrogen-bond donors (Lipinski definition) is 1. The van der Waals surface area contributed by atoms with E-state index >= 15 is 0 Å². The molecule has 1 saturated carbocycles. The summed E-state index contributed by atoms with van der Waals surface area (Å²) >= 11 is 0. The molecule has 2 amide bonds. The molecule has 2 aliphatic rings. The number of carbonyl (C=O) groups is 2. The topological polar surface area (TPSA) is 58.6 Å². The van der Waals surface area contributed by atoms with Crippen LogP contribution in [0.15, 0.2) is 24.3 Å². The lowest BCUT2D eigenvalue weighted by Gasteiger charge is -2.35. The van der Waals surface area contributed by atoms with Gasteiger partial charge in [-0.2, -0.15) is 0 Å². The highest BCUT2D eigenvalue weighted by atomic mass is 16.5. The number of hydrogen-bond acceptors (Lipinski definition) is 3. The van der Waals surface area contributed by atoms with Gasteiger partial charge in [0.1, 0.15) is 5.75 Å². The average Bonchev–Trinajstić information content (AvgIpc) is 2.74. The van der Waals surface area contributed by atoms with Crippen molar-refractivity contribution < 1.29 is 14.3 Å². The molecule has 3 rings (SSSR count). The molecule has 0 unspecified atom stereocenters. The first-order valence-electron chi connectivity index (χ1n) is 10.8. The standard InChI is InChI=1S/C23H34N2O3/c1-28-21-12-9-18(10-13-21)8-5-15-24-23(27)20-11-14-22(26)25(17-20)16-19-6-3-2-4-7-19/h9-10,12-13,19-20H,2-8,11,14-17H2,1H3,(H,24,27)/t20-/m1/s1. The third-order valence-corrected chi connectivity index (χ3v) is 6.17. The van der Waals surface area contributed by atoms with Crippen molar-refractivity contribution >= 4 is 11.8 Å². The summed E-state index contributed by atoms with van der Waals surface area (Å²) in [5, 5.41) is 3.08. The Bertz CT molecular complexity index is 638. The van der Waals surface area contributed by atoms with Gasteiger partial charge < -0.3 is 15.0 Å². The number of methoxy groups -OCH3 is 1. The molecule has 5 nitrogen and oxygen atoms in total. The van der Waals surface area contributed by atoms with E-state index in [1.807, 2.05) is 17.0 Å². The van der Waals surface area contributed by atoms with Gasteiger partial charge in [0, 0.05) is 26.1 Å². The first-order valence-corrected chi connectivity index (χ1v) is 10.8. The number of nitrogens with one attached hydrogen (secondary N) is 1. The van der Waals surface area contributed by atoms with Gasteiger partial charge in [0.2, 0.25) is 11.8 Å². The summed E-state index contributed by atoms with van der Waals surface area (Å²) in [6.45, 7) is 2.12. The van der Waals surface area contributed by atoms with Crippen LogP contribution in [0.5, 0.6) is 5.75 Å². The molecule has 154 valence electrons. The highest BCUT2D eigenvalue weighted by molar-refractivity contribution is 5.83. The SMILES string of the molecule is COc1ccc(CCCNC(=O)[C@@H]2CCC(=O)N(CC3CCCCC3)C2)cc1. The number of likely N-dealkylation sites (tertiary alicyclic amines) is 1. The van der Waals surface area contributed by atoms with Crippen molar-refractivity contribution in [3.05, 3.63) is 29.8 Å². The normalized spacial score (nSPS) is 20.8. The van der Waals surface area contributed by atoms with Crippen LogP contribution < -0.4 is 10.1 Å². The molecule has 1 heterocycles. The zero-order valence-corrected chi connectivity index (χ0v) is 17.1. The van der Waals surface area contributed by atoms with Gasteiger partial charge in [-0.15, -0.1) is 0 Å². The summed E-state index contributed by atoms with van der Waals surface area (Å²) in [6, 6.07) is 8.06. The predicted octanol–water partition coefficient (Wildman–Crippen LogP) is 3.56. The Labute approximate surface area is 168 Å². The van der Waals surface area contributed by atoms with Crippen LogP contribution in [0.3, 0.4) is 0 Å². The third kappa shape index (κ3) is 5.98. The van der Waals surface area contributed by atoms with E-state index < -0.39 is 0 Å². The molecular formula is C23H34N2O3. The van der Waals surface area contributed by atoms with Crippen molar-refractivity contribution in [3.8, 4) is 5.75 Å². The van der Waals surface area contributed by atoms with E-state index in [9.17, 15) is 9.59 Å². The number of rotatable bonds is 8. The summed E-state index contributed by atoms with van der Waals surface area (Å²) < 4.78 is 5.17. The maximum absolute atomic E-state index is 12.6. The van der Waals surface area contributed by atoms with Gasteiger partial charge in [0.15, 0.2) is 0 Å². The quantitative estimate of drug-likeness (QED) is 0.695. The monoisotopic (exact) mass is 386 g/mol. The minimum Gasteiger partial charge on any atom is -0.497 e. The van der Waals surface area contributed by atoms with Gasteiger partial charge in [-0.1, -0.05) is 31.4 Å². The Kier molecular flexibility index (Phi) is 7.75. The summed E-state index contributed by atoms with van der Waals surface area (Å²) in [4.78, 5) is 26.8. The van der Waals surface area contributed by atoms with E-state index in [1.165, 1.54) is 37.7 Å². The molecule has 5 heteroatoms. The maximum atomic E-state index is 12.6. The lowest BCUT2D eigenvalue weighted by atomic mass is 9.87. The summed E-state index contributed by atoms with van der Waals surface area (Å²) in [6.07, 6.45) is 9.39. The van der Waals surface area contributed by atoms with Crippen LogP contribution in [0, 0.1) is 11.8 Å². The van der Waals surface area contributed by atoms with Gasteiger partial charge in [-0.05, 0) is 55.7 Å². The van der Waals surface area contributed by atoms with E-state index in [-0.39, 0.29) is 17.7 Å². The van der Waals surface area contributed by atoms with Crippen LogP contribution in [0.1, 0.15) is 56.9 Å². The lowest BCUT2D eigenvalue weighted by Crippen LogP contribution is -2.47. The number of benzene rings is 1. The lowest BCUT2D eigenvalue weighted by molar-refractivity contribution is -0.139. The number of carbonyl (C=O) groups excluding carboxylic acids is 2. The molecule has 0 aromatic heterocycles. The van der Waals surface area contributed by atoms with Crippen LogP contribution in [0.25, 0.3) is 0 Å². The predicted molar refractivity (Wildman–Crippen MR) is 110 cm³/mol. The second-order valence-corrected chi connectivity index (χ2v) is 8.28. The Morgan fingerprint density at radius 3 is 2.61 bits per heavy atom. The number of nitrogens with zero attached hydrogens (tertiary/aromatic N) is 1. The van der Waals surface area contributed by atoms with Crippen LogP contribution in [0.4, 0.5) is 0 Å². The molecule has 1 aromatic carbocycles. The first kappa shape index (κ1) is 20.7. The summed E-state index contributed by atoms with van der Waals surface area (Å²) in [5.74, 6) is 1.78. The van der Waals surface area contributed by atoms with E-state index in [0.717, 1.165) is 25.1 Å². The molecule has 1 aliphatic carbocycles. The minimum absolute atomic E-state index is 0.0534. The van der Waals surface area contributed by atoms with Gasteiger partial charge in [-0.3, -0.25) is 9.59 Å². The van der Waals surface area contributed by atoms with Crippen molar-refractivity contribution in [2.24, 2.45) is 11.8 Å². The number of piperidine rings is 1. The van der Waals surface area contributed by atoms with E-state index in [4.69, 9.17) is 4.74 Å². The third-order valence-electron chi connectivity index (χ3n) is 6.17. The second-order valence-electron chi connectivity index (χ2n) is 8.28. The highest BCUT2D eigenvalue weighted by Gasteiger charge is 2.31. The van der Waals surface area contributed by atoms with E-state index in [1.54, 1.807) is 7.11 Å².